The maximum absolute atomic E-state index is 13.2. The van der Waals surface area contributed by atoms with Crippen LogP contribution in [0.5, 0.6) is 0 Å². The normalized spacial score (nSPS) is 32.1. The summed E-state index contributed by atoms with van der Waals surface area (Å²) in [5.74, 6) is 0.492. The van der Waals surface area contributed by atoms with Crippen LogP contribution in [0.15, 0.2) is 54.6 Å². The maximum atomic E-state index is 13.2. The second kappa shape index (κ2) is 6.68. The number of nitrogens with one attached hydrogen (secondary N) is 1. The van der Waals surface area contributed by atoms with Crippen molar-refractivity contribution in [2.45, 2.75) is 6.42 Å². The fourth-order valence-corrected chi connectivity index (χ4v) is 6.21. The summed E-state index contributed by atoms with van der Waals surface area (Å²) >= 11 is 12.0. The monoisotopic (exact) mass is 452 g/mol. The van der Waals surface area contributed by atoms with Crippen molar-refractivity contribution in [1.82, 2.24) is 0 Å². The van der Waals surface area contributed by atoms with E-state index >= 15 is 0 Å². The van der Waals surface area contributed by atoms with E-state index in [1.54, 1.807) is 42.5 Å². The molecule has 0 unspecified atom stereocenters. The van der Waals surface area contributed by atoms with Gasteiger partial charge in [0, 0.05) is 10.6 Å². The van der Waals surface area contributed by atoms with E-state index in [1.165, 1.54) is 4.90 Å². The highest BCUT2D eigenvalue weighted by Crippen LogP contribution is 2.65. The number of carbonyl (C=O) groups is 3. The van der Waals surface area contributed by atoms with Crippen molar-refractivity contribution in [2.24, 2.45) is 35.5 Å². The molecule has 4 aliphatic carbocycles. The van der Waals surface area contributed by atoms with Gasteiger partial charge < -0.3 is 5.32 Å². The van der Waals surface area contributed by atoms with Crippen LogP contribution < -0.4 is 10.2 Å². The molecule has 7 heteroatoms. The minimum atomic E-state index is -0.342. The first-order valence-electron chi connectivity index (χ1n) is 10.4. The van der Waals surface area contributed by atoms with Gasteiger partial charge in [-0.2, -0.15) is 0 Å². The second-order valence-electron chi connectivity index (χ2n) is 8.79. The molecule has 2 saturated carbocycles. The van der Waals surface area contributed by atoms with Crippen LogP contribution in [0.25, 0.3) is 0 Å². The van der Waals surface area contributed by atoms with Gasteiger partial charge in [-0.3, -0.25) is 19.3 Å². The number of imide groups is 1. The SMILES string of the molecule is O=C(Nc1ccc(Cl)cc1Cl)c1ccc(N2C(=O)[C@@H]3[C@H]4C=C[C@@H]([C@@H]5C[C@H]45)[C@@H]3C2=O)cc1. The molecule has 31 heavy (non-hydrogen) atoms. The van der Waals surface area contributed by atoms with Gasteiger partial charge in [-0.1, -0.05) is 35.4 Å². The van der Waals surface area contributed by atoms with E-state index in [0.29, 0.717) is 38.8 Å². The molecule has 0 spiro atoms. The van der Waals surface area contributed by atoms with E-state index in [1.807, 2.05) is 0 Å². The van der Waals surface area contributed by atoms with E-state index in [-0.39, 0.29) is 41.4 Å². The molecule has 0 radical (unpaired) electrons. The molecular formula is C24H18Cl2N2O3. The summed E-state index contributed by atoms with van der Waals surface area (Å²) in [6.45, 7) is 0. The van der Waals surface area contributed by atoms with Gasteiger partial charge in [0.25, 0.3) is 5.91 Å². The van der Waals surface area contributed by atoms with E-state index in [2.05, 4.69) is 17.5 Å². The molecular weight excluding hydrogens is 435 g/mol. The Morgan fingerprint density at radius 2 is 1.52 bits per heavy atom. The number of hydrogen-bond acceptors (Lipinski definition) is 3. The molecule has 2 aromatic rings. The molecule has 0 aromatic heterocycles. The largest absolute Gasteiger partial charge is 0.321 e. The number of hydrogen-bond donors (Lipinski definition) is 1. The van der Waals surface area contributed by atoms with Crippen LogP contribution in [0.3, 0.4) is 0 Å². The molecule has 2 bridgehead atoms. The van der Waals surface area contributed by atoms with Crippen LogP contribution >= 0.6 is 23.2 Å². The van der Waals surface area contributed by atoms with E-state index in [9.17, 15) is 14.4 Å². The van der Waals surface area contributed by atoms with Gasteiger partial charge in [0.1, 0.15) is 0 Å². The first kappa shape index (κ1) is 19.1. The van der Waals surface area contributed by atoms with Crippen molar-refractivity contribution >= 4 is 52.3 Å². The van der Waals surface area contributed by atoms with Gasteiger partial charge in [-0.25, -0.2) is 0 Å². The van der Waals surface area contributed by atoms with Gasteiger partial charge in [0.05, 0.1) is 28.2 Å². The summed E-state index contributed by atoms with van der Waals surface area (Å²) in [6, 6.07) is 11.4. The van der Waals surface area contributed by atoms with Crippen LogP contribution in [0, 0.1) is 35.5 Å². The zero-order valence-electron chi connectivity index (χ0n) is 16.3. The third-order valence-corrected chi connectivity index (χ3v) is 7.78. The fourth-order valence-electron chi connectivity index (χ4n) is 5.76. The average Bonchev–Trinajstić information content (AvgIpc) is 3.54. The number of halogens is 2. The predicted molar refractivity (Wildman–Crippen MR) is 118 cm³/mol. The Morgan fingerprint density at radius 3 is 2.10 bits per heavy atom. The summed E-state index contributed by atoms with van der Waals surface area (Å²) in [7, 11) is 0. The molecule has 1 aliphatic heterocycles. The lowest BCUT2D eigenvalue weighted by Crippen LogP contribution is -2.40. The number of rotatable bonds is 3. The highest BCUT2D eigenvalue weighted by atomic mass is 35.5. The number of anilines is 2. The number of benzene rings is 2. The minimum absolute atomic E-state index is 0.107. The standard InChI is InChI=1S/C24H18Cl2N2O3/c25-12-3-8-19(18(26)9-12)27-22(29)11-1-4-13(5-2-11)28-23(30)20-14-6-7-15(17-10-16(14)17)21(20)24(28)31/h1-9,14-17,20-21H,10H2,(H,27,29)/t14-,15-,16-,17+,20-,21+/m0/s1. The molecule has 5 nitrogen and oxygen atoms in total. The molecule has 5 aliphatic rings. The summed E-state index contributed by atoms with van der Waals surface area (Å²) in [5, 5.41) is 3.57. The van der Waals surface area contributed by atoms with Gasteiger partial charge in [-0.15, -0.1) is 0 Å². The van der Waals surface area contributed by atoms with Crippen molar-refractivity contribution in [3.05, 3.63) is 70.2 Å². The first-order chi connectivity index (χ1) is 14.9. The van der Waals surface area contributed by atoms with Crippen molar-refractivity contribution < 1.29 is 14.4 Å². The Bertz CT molecular complexity index is 1140. The number of carbonyl (C=O) groups excluding carboxylic acids is 3. The zero-order chi connectivity index (χ0) is 21.4. The summed E-state index contributed by atoms with van der Waals surface area (Å²) in [4.78, 5) is 40.3. The molecule has 156 valence electrons. The lowest BCUT2D eigenvalue weighted by Gasteiger charge is -2.37. The van der Waals surface area contributed by atoms with Crippen LogP contribution in [0.2, 0.25) is 10.0 Å². The van der Waals surface area contributed by atoms with Crippen molar-refractivity contribution in [3.8, 4) is 0 Å². The average molecular weight is 453 g/mol. The maximum Gasteiger partial charge on any atom is 0.255 e. The molecule has 1 heterocycles. The Kier molecular flexibility index (Phi) is 4.11. The van der Waals surface area contributed by atoms with Crippen LogP contribution in [0.4, 0.5) is 11.4 Å². The zero-order valence-corrected chi connectivity index (χ0v) is 17.8. The molecule has 6 atom stereocenters. The summed E-state index contributed by atoms with van der Waals surface area (Å²) in [6.07, 6.45) is 5.45. The number of amides is 3. The highest BCUT2D eigenvalue weighted by molar-refractivity contribution is 6.36. The van der Waals surface area contributed by atoms with Gasteiger partial charge in [0.15, 0.2) is 0 Å². The summed E-state index contributed by atoms with van der Waals surface area (Å²) in [5.41, 5.74) is 1.36. The van der Waals surface area contributed by atoms with Crippen molar-refractivity contribution in [2.75, 3.05) is 10.2 Å². The van der Waals surface area contributed by atoms with Gasteiger partial charge >= 0.3 is 0 Å². The Morgan fingerprint density at radius 1 is 0.903 bits per heavy atom. The van der Waals surface area contributed by atoms with Crippen molar-refractivity contribution in [3.63, 3.8) is 0 Å². The third kappa shape index (κ3) is 2.80. The van der Waals surface area contributed by atoms with Crippen LogP contribution in [0.1, 0.15) is 16.8 Å². The molecule has 2 aromatic carbocycles. The first-order valence-corrected chi connectivity index (χ1v) is 11.1. The summed E-state index contributed by atoms with van der Waals surface area (Å²) < 4.78 is 0. The molecule has 1 saturated heterocycles. The minimum Gasteiger partial charge on any atom is -0.321 e. The molecule has 3 fully saturated rings. The number of nitrogens with zero attached hydrogens (tertiary/aromatic N) is 1. The smallest absolute Gasteiger partial charge is 0.255 e. The predicted octanol–water partition coefficient (Wildman–Crippen LogP) is 4.80. The quantitative estimate of drug-likeness (QED) is 0.536. The number of allylic oxidation sites excluding steroid dienone is 2. The van der Waals surface area contributed by atoms with E-state index in [4.69, 9.17) is 23.2 Å². The lowest BCUT2D eigenvalue weighted by molar-refractivity contribution is -0.124. The highest BCUT2D eigenvalue weighted by Gasteiger charge is 2.67. The molecule has 7 rings (SSSR count). The Labute approximate surface area is 189 Å². The van der Waals surface area contributed by atoms with Crippen molar-refractivity contribution in [1.29, 1.82) is 0 Å². The van der Waals surface area contributed by atoms with Crippen LogP contribution in [-0.4, -0.2) is 17.7 Å². The van der Waals surface area contributed by atoms with Gasteiger partial charge in [-0.05, 0) is 72.6 Å². The fraction of sp³-hybridized carbons (Fsp3) is 0.292. The second-order valence-corrected chi connectivity index (χ2v) is 9.64. The topological polar surface area (TPSA) is 66.5 Å². The van der Waals surface area contributed by atoms with E-state index < -0.39 is 0 Å². The third-order valence-electron chi connectivity index (χ3n) is 7.23. The van der Waals surface area contributed by atoms with Crippen LogP contribution in [-0.2, 0) is 9.59 Å². The van der Waals surface area contributed by atoms with E-state index in [0.717, 1.165) is 6.42 Å². The van der Waals surface area contributed by atoms with Gasteiger partial charge in [0.2, 0.25) is 11.8 Å². The molecule has 1 N–H and O–H groups in total. The Hall–Kier alpha value is -2.63. The lowest BCUT2D eigenvalue weighted by atomic mass is 9.63. The Balaban J connectivity index is 1.23. The molecule has 3 amide bonds.